The Bertz CT molecular complexity index is 315. The van der Waals surface area contributed by atoms with Crippen LogP contribution in [-0.2, 0) is 4.57 Å². The van der Waals surface area contributed by atoms with Gasteiger partial charge < -0.3 is 14.4 Å². The summed E-state index contributed by atoms with van der Waals surface area (Å²) in [5.41, 5.74) is 0. The average molecular weight is 361 g/mol. The third-order valence-corrected chi connectivity index (χ3v) is 2.27. The van der Waals surface area contributed by atoms with Crippen molar-refractivity contribution in [2.24, 2.45) is 0 Å². The first kappa shape index (κ1) is 18.6. The topological polar surface area (TPSA) is 63.2 Å². The molecule has 0 amide bonds. The summed E-state index contributed by atoms with van der Waals surface area (Å²) in [5.74, 6) is 0. The van der Waals surface area contributed by atoms with E-state index in [0.717, 1.165) is 6.07 Å². The van der Waals surface area contributed by atoms with E-state index in [-0.39, 0.29) is 127 Å². The number of benzene rings is 1. The van der Waals surface area contributed by atoms with E-state index < -0.39 is 7.60 Å². The van der Waals surface area contributed by atoms with E-state index in [1.165, 1.54) is 18.2 Å². The minimum atomic E-state index is -4.63. The van der Waals surface area contributed by atoms with Crippen molar-refractivity contribution in [3.05, 3.63) is 29.3 Å². The van der Waals surface area contributed by atoms with Gasteiger partial charge in [0.15, 0.2) is 0 Å². The summed E-state index contributed by atoms with van der Waals surface area (Å²) in [7, 11) is -4.63. The molecule has 1 aromatic rings. The van der Waals surface area contributed by atoms with E-state index >= 15 is 0 Å². The van der Waals surface area contributed by atoms with Crippen molar-refractivity contribution in [1.29, 1.82) is 0 Å². The minimum absolute atomic E-state index is 0. The van der Waals surface area contributed by atoms with Crippen molar-refractivity contribution in [2.75, 3.05) is 0 Å². The van der Waals surface area contributed by atoms with Gasteiger partial charge in [0.05, 0.1) is 0 Å². The first-order valence-electron chi connectivity index (χ1n) is 2.78. The summed E-state index contributed by atoms with van der Waals surface area (Å²) in [6, 6.07) is 5.26. The molecule has 0 atom stereocenters. The number of hydrogen-bond acceptors (Lipinski definition) is 3. The van der Waals surface area contributed by atoms with Gasteiger partial charge in [-0.2, -0.15) is 0 Å². The second-order valence-electron chi connectivity index (χ2n) is 1.98. The van der Waals surface area contributed by atoms with E-state index in [2.05, 4.69) is 0 Å². The normalized spacial score (nSPS) is 9.77. The molecule has 0 bridgehead atoms. The Hall–Kier alpha value is 3.27. The van der Waals surface area contributed by atoms with Crippen LogP contribution in [-0.4, -0.2) is 0 Å². The van der Waals surface area contributed by atoms with Crippen LogP contribution in [0.25, 0.3) is 0 Å². The zero-order chi connectivity index (χ0) is 8.48. The Morgan fingerprint density at radius 1 is 1.23 bits per heavy atom. The van der Waals surface area contributed by atoms with Crippen molar-refractivity contribution < 1.29 is 131 Å². The fraction of sp³-hybridized carbons (Fsp3) is 0. The average Bonchev–Trinajstić information content (AvgIpc) is 1.86. The second kappa shape index (κ2) is 8.37. The van der Waals surface area contributed by atoms with Gasteiger partial charge in [-0.05, 0) is 25.0 Å². The van der Waals surface area contributed by atoms with Crippen LogP contribution in [0.3, 0.4) is 0 Å². The first-order valence-corrected chi connectivity index (χ1v) is 4.70. The molecule has 0 spiro atoms. The maximum absolute atomic E-state index is 10.4. The quantitative estimate of drug-likeness (QED) is 0.468. The van der Waals surface area contributed by atoms with Crippen molar-refractivity contribution in [3.8, 4) is 0 Å². The zero-order valence-electron chi connectivity index (χ0n) is 7.36. The predicted octanol–water partition coefficient (Wildman–Crippen LogP) is -6.11. The molecule has 1 aromatic carbocycles. The molecule has 0 radical (unpaired) electrons. The monoisotopic (exact) mass is 360 g/mol. The summed E-state index contributed by atoms with van der Waals surface area (Å²) in [4.78, 5) is 20.8. The van der Waals surface area contributed by atoms with Gasteiger partial charge in [0.2, 0.25) is 0 Å². The SMILES string of the molecule is O=P([O-])([O-])c1cccc(Cl)c1.[Rb+].[Rb+]. The number of halogens is 1. The Balaban J connectivity index is 0. The van der Waals surface area contributed by atoms with Gasteiger partial charge in [0.1, 0.15) is 0 Å². The molecule has 0 aliphatic heterocycles. The van der Waals surface area contributed by atoms with Crippen molar-refractivity contribution in [2.45, 2.75) is 0 Å². The largest absolute Gasteiger partial charge is 1.00 e. The molecule has 0 saturated carbocycles. The zero-order valence-corrected chi connectivity index (χ0v) is 18.8. The molecule has 0 aliphatic rings. The molecule has 0 aromatic heterocycles. The summed E-state index contributed by atoms with van der Waals surface area (Å²) >= 11 is 5.45. The van der Waals surface area contributed by atoms with Crippen LogP contribution in [0, 0.1) is 0 Å². The van der Waals surface area contributed by atoms with E-state index in [4.69, 9.17) is 11.6 Å². The van der Waals surface area contributed by atoms with Gasteiger partial charge in [-0.25, -0.2) is 0 Å². The van der Waals surface area contributed by atoms with E-state index in [0.29, 0.717) is 0 Å². The van der Waals surface area contributed by atoms with E-state index in [1.807, 2.05) is 0 Å². The van der Waals surface area contributed by atoms with Crippen molar-refractivity contribution >= 4 is 24.5 Å². The number of hydrogen-bond donors (Lipinski definition) is 0. The standard InChI is InChI=1S/C6H6ClO3P.2Rb/c7-5-2-1-3-6(4-5)11(8,9)10;;/h1-4H,(H2,8,9,10);;/q;2*+1/p-2. The van der Waals surface area contributed by atoms with Gasteiger partial charge in [-0.15, -0.1) is 0 Å². The van der Waals surface area contributed by atoms with E-state index in [9.17, 15) is 14.4 Å². The number of rotatable bonds is 1. The fourth-order valence-corrected chi connectivity index (χ4v) is 1.48. The maximum Gasteiger partial charge on any atom is 1.00 e. The third kappa shape index (κ3) is 7.24. The van der Waals surface area contributed by atoms with Crippen LogP contribution >= 0.6 is 19.2 Å². The predicted molar refractivity (Wildman–Crippen MR) is 38.7 cm³/mol. The second-order valence-corrected chi connectivity index (χ2v) is 3.93. The van der Waals surface area contributed by atoms with Crippen LogP contribution in [0.4, 0.5) is 0 Å². The van der Waals surface area contributed by atoms with Crippen LogP contribution in [0.1, 0.15) is 0 Å². The Morgan fingerprint density at radius 3 is 2.08 bits per heavy atom. The summed E-state index contributed by atoms with van der Waals surface area (Å²) < 4.78 is 10.4. The summed E-state index contributed by atoms with van der Waals surface area (Å²) in [5, 5.41) is -0.0283. The Labute approximate surface area is 179 Å². The van der Waals surface area contributed by atoms with Crippen LogP contribution in [0.2, 0.25) is 5.02 Å². The van der Waals surface area contributed by atoms with Crippen LogP contribution < -0.4 is 131 Å². The Kier molecular flexibility index (Phi) is 12.0. The smallest absolute Gasteiger partial charge is 0.807 e. The molecule has 60 valence electrons. The van der Waals surface area contributed by atoms with E-state index in [1.54, 1.807) is 0 Å². The molecule has 0 saturated heterocycles. The summed E-state index contributed by atoms with van der Waals surface area (Å²) in [6.07, 6.45) is 0. The molecule has 0 unspecified atom stereocenters. The molecule has 0 aliphatic carbocycles. The van der Waals surface area contributed by atoms with Crippen LogP contribution in [0.5, 0.6) is 0 Å². The van der Waals surface area contributed by atoms with Gasteiger partial charge in [0, 0.05) is 5.02 Å². The Morgan fingerprint density at radius 2 is 1.77 bits per heavy atom. The van der Waals surface area contributed by atoms with Gasteiger partial charge >= 0.3 is 116 Å². The minimum Gasteiger partial charge on any atom is -0.807 e. The molecular weight excluding hydrogens is 357 g/mol. The molecule has 0 N–H and O–H groups in total. The van der Waals surface area contributed by atoms with Gasteiger partial charge in [0.25, 0.3) is 0 Å². The van der Waals surface area contributed by atoms with Gasteiger partial charge in [-0.1, -0.05) is 23.7 Å². The molecular formula is C6H4ClO3PRb2. The maximum atomic E-state index is 10.4. The molecule has 1 rings (SSSR count). The molecule has 0 fully saturated rings. The van der Waals surface area contributed by atoms with Crippen molar-refractivity contribution in [1.82, 2.24) is 0 Å². The van der Waals surface area contributed by atoms with Crippen molar-refractivity contribution in [3.63, 3.8) is 0 Å². The summed E-state index contributed by atoms with van der Waals surface area (Å²) in [6.45, 7) is 0. The molecule has 13 heavy (non-hydrogen) atoms. The molecule has 0 heterocycles. The van der Waals surface area contributed by atoms with Crippen LogP contribution in [0.15, 0.2) is 24.3 Å². The van der Waals surface area contributed by atoms with Gasteiger partial charge in [-0.3, -0.25) is 0 Å². The first-order chi connectivity index (χ1) is 5.00. The fourth-order valence-electron chi connectivity index (χ4n) is 0.646. The third-order valence-electron chi connectivity index (χ3n) is 1.12. The molecule has 7 heteroatoms. The molecule has 3 nitrogen and oxygen atoms in total.